The molecule has 3 rings (SSSR count). The number of anilines is 2. The molecule has 2 aromatic rings. The smallest absolute Gasteiger partial charge is 0.416 e. The average Bonchev–Trinajstić information content (AvgIpc) is 3.27. The summed E-state index contributed by atoms with van der Waals surface area (Å²) < 4.78 is 43.3. The predicted molar refractivity (Wildman–Crippen MR) is 96.2 cm³/mol. The standard InChI is InChI=1S/C18H15F3N2O4S/c1-27-17(26)15-13(5-6-28-15)22-16(25)10-7-14(24)23(9-10)12-4-2-3-11(8-12)18(19,20)21/h2-6,8,10H,7,9H2,1H3,(H,22,25). The summed E-state index contributed by atoms with van der Waals surface area (Å²) in [7, 11) is 1.22. The minimum Gasteiger partial charge on any atom is -0.465 e. The molecular formula is C18H15F3N2O4S. The number of rotatable bonds is 4. The third-order valence-electron chi connectivity index (χ3n) is 4.27. The fraction of sp³-hybridized carbons (Fsp3) is 0.278. The van der Waals surface area contributed by atoms with Crippen molar-refractivity contribution in [2.45, 2.75) is 12.6 Å². The first-order valence-corrected chi connectivity index (χ1v) is 9.03. The lowest BCUT2D eigenvalue weighted by Gasteiger charge is -2.18. The van der Waals surface area contributed by atoms with E-state index in [1.165, 1.54) is 25.3 Å². The number of methoxy groups -OCH3 is 1. The molecule has 10 heteroatoms. The van der Waals surface area contributed by atoms with E-state index in [4.69, 9.17) is 0 Å². The van der Waals surface area contributed by atoms with Gasteiger partial charge in [0.1, 0.15) is 4.88 Å². The van der Waals surface area contributed by atoms with Crippen LogP contribution in [0.15, 0.2) is 35.7 Å². The van der Waals surface area contributed by atoms with Gasteiger partial charge in [-0.3, -0.25) is 9.59 Å². The van der Waals surface area contributed by atoms with Crippen LogP contribution in [0.4, 0.5) is 24.5 Å². The molecule has 0 aliphatic carbocycles. The number of carbonyl (C=O) groups is 3. The zero-order valence-corrected chi connectivity index (χ0v) is 15.4. The molecule has 1 atom stereocenters. The van der Waals surface area contributed by atoms with E-state index in [2.05, 4.69) is 10.1 Å². The highest BCUT2D eigenvalue weighted by atomic mass is 32.1. The van der Waals surface area contributed by atoms with Crippen molar-refractivity contribution in [2.75, 3.05) is 23.9 Å². The van der Waals surface area contributed by atoms with Crippen molar-refractivity contribution >= 4 is 40.5 Å². The van der Waals surface area contributed by atoms with Gasteiger partial charge >= 0.3 is 12.1 Å². The van der Waals surface area contributed by atoms with Crippen LogP contribution < -0.4 is 10.2 Å². The molecule has 1 unspecified atom stereocenters. The number of nitrogens with one attached hydrogen (secondary N) is 1. The molecule has 6 nitrogen and oxygen atoms in total. The van der Waals surface area contributed by atoms with E-state index in [0.717, 1.165) is 28.4 Å². The number of alkyl halides is 3. The van der Waals surface area contributed by atoms with Crippen LogP contribution in [0.5, 0.6) is 0 Å². The van der Waals surface area contributed by atoms with Gasteiger partial charge in [0, 0.05) is 18.7 Å². The van der Waals surface area contributed by atoms with Crippen LogP contribution in [0, 0.1) is 5.92 Å². The highest BCUT2D eigenvalue weighted by molar-refractivity contribution is 7.12. The zero-order valence-electron chi connectivity index (χ0n) is 14.6. The molecule has 2 amide bonds. The maximum Gasteiger partial charge on any atom is 0.416 e. The number of benzene rings is 1. The lowest BCUT2D eigenvalue weighted by atomic mass is 10.1. The third-order valence-corrected chi connectivity index (χ3v) is 5.17. The molecule has 0 spiro atoms. The number of amides is 2. The van der Waals surface area contributed by atoms with Crippen molar-refractivity contribution in [3.8, 4) is 0 Å². The number of ether oxygens (including phenoxy) is 1. The minimum absolute atomic E-state index is 0.0519. The van der Waals surface area contributed by atoms with Gasteiger partial charge in [-0.05, 0) is 29.6 Å². The summed E-state index contributed by atoms with van der Waals surface area (Å²) in [5, 5.41) is 4.20. The van der Waals surface area contributed by atoms with Gasteiger partial charge in [0.15, 0.2) is 0 Å². The van der Waals surface area contributed by atoms with Gasteiger partial charge in [-0.2, -0.15) is 13.2 Å². The molecule has 2 heterocycles. The number of hydrogen-bond donors (Lipinski definition) is 1. The highest BCUT2D eigenvalue weighted by Crippen LogP contribution is 2.34. The molecule has 1 saturated heterocycles. The van der Waals surface area contributed by atoms with E-state index < -0.39 is 35.4 Å². The Morgan fingerprint density at radius 1 is 1.29 bits per heavy atom. The summed E-state index contributed by atoms with van der Waals surface area (Å²) in [5.41, 5.74) is -0.514. The first-order chi connectivity index (χ1) is 13.2. The molecule has 1 fully saturated rings. The Morgan fingerprint density at radius 2 is 2.04 bits per heavy atom. The van der Waals surface area contributed by atoms with Crippen molar-refractivity contribution in [1.82, 2.24) is 0 Å². The Hall–Kier alpha value is -2.88. The Morgan fingerprint density at radius 3 is 2.71 bits per heavy atom. The molecule has 1 aliphatic heterocycles. The van der Waals surface area contributed by atoms with E-state index in [-0.39, 0.29) is 29.2 Å². The van der Waals surface area contributed by atoms with E-state index in [9.17, 15) is 27.6 Å². The first kappa shape index (κ1) is 19.9. The third kappa shape index (κ3) is 4.01. The van der Waals surface area contributed by atoms with Crippen molar-refractivity contribution in [1.29, 1.82) is 0 Å². The van der Waals surface area contributed by atoms with Crippen molar-refractivity contribution < 1.29 is 32.3 Å². The summed E-state index contributed by atoms with van der Waals surface area (Å²) in [4.78, 5) is 37.8. The maximum absolute atomic E-state index is 12.9. The number of nitrogens with zero attached hydrogens (tertiary/aromatic N) is 1. The van der Waals surface area contributed by atoms with Crippen LogP contribution in [0.25, 0.3) is 0 Å². The van der Waals surface area contributed by atoms with Crippen LogP contribution >= 0.6 is 11.3 Å². The second-order valence-corrected chi connectivity index (χ2v) is 7.01. The molecule has 1 aromatic heterocycles. The normalized spacial score (nSPS) is 16.9. The Bertz CT molecular complexity index is 926. The van der Waals surface area contributed by atoms with Crippen LogP contribution in [-0.4, -0.2) is 31.4 Å². The van der Waals surface area contributed by atoms with Gasteiger partial charge in [-0.1, -0.05) is 6.07 Å². The molecule has 1 aliphatic rings. The van der Waals surface area contributed by atoms with Gasteiger partial charge in [0.05, 0.1) is 24.3 Å². The highest BCUT2D eigenvalue weighted by Gasteiger charge is 2.37. The second-order valence-electron chi connectivity index (χ2n) is 6.10. The van der Waals surface area contributed by atoms with Gasteiger partial charge in [0.2, 0.25) is 11.8 Å². The van der Waals surface area contributed by atoms with Crippen LogP contribution in [-0.2, 0) is 20.5 Å². The zero-order chi connectivity index (χ0) is 20.5. The van der Waals surface area contributed by atoms with E-state index in [1.54, 1.807) is 5.38 Å². The van der Waals surface area contributed by atoms with Gasteiger partial charge in [0.25, 0.3) is 0 Å². The van der Waals surface area contributed by atoms with E-state index in [0.29, 0.717) is 0 Å². The molecular weight excluding hydrogens is 397 g/mol. The lowest BCUT2D eigenvalue weighted by Crippen LogP contribution is -2.28. The minimum atomic E-state index is -4.53. The number of esters is 1. The first-order valence-electron chi connectivity index (χ1n) is 8.15. The number of thiophene rings is 1. The molecule has 0 saturated carbocycles. The largest absolute Gasteiger partial charge is 0.465 e. The molecule has 28 heavy (non-hydrogen) atoms. The predicted octanol–water partition coefficient (Wildman–Crippen LogP) is 3.55. The van der Waals surface area contributed by atoms with Gasteiger partial charge in [-0.15, -0.1) is 11.3 Å². The van der Waals surface area contributed by atoms with Crippen molar-refractivity contribution in [3.63, 3.8) is 0 Å². The van der Waals surface area contributed by atoms with Gasteiger partial charge < -0.3 is 15.0 Å². The molecule has 0 radical (unpaired) electrons. The maximum atomic E-state index is 12.9. The quantitative estimate of drug-likeness (QED) is 0.780. The van der Waals surface area contributed by atoms with E-state index in [1.807, 2.05) is 0 Å². The summed E-state index contributed by atoms with van der Waals surface area (Å²) in [6, 6.07) is 5.94. The van der Waals surface area contributed by atoms with Crippen LogP contribution in [0.1, 0.15) is 21.7 Å². The lowest BCUT2D eigenvalue weighted by molar-refractivity contribution is -0.137. The summed E-state index contributed by atoms with van der Waals surface area (Å²) >= 11 is 1.10. The average molecular weight is 412 g/mol. The molecule has 0 bridgehead atoms. The fourth-order valence-corrected chi connectivity index (χ4v) is 3.64. The van der Waals surface area contributed by atoms with Gasteiger partial charge in [-0.25, -0.2) is 4.79 Å². The SMILES string of the molecule is COC(=O)c1sccc1NC(=O)C1CC(=O)N(c2cccc(C(F)(F)F)c2)C1. The summed E-state index contributed by atoms with van der Waals surface area (Å²) in [6.45, 7) is -0.0519. The topological polar surface area (TPSA) is 75.7 Å². The molecule has 1 N–H and O–H groups in total. The number of halogens is 3. The molecule has 148 valence electrons. The molecule has 1 aromatic carbocycles. The Balaban J connectivity index is 1.74. The second kappa shape index (κ2) is 7.63. The monoisotopic (exact) mass is 412 g/mol. The van der Waals surface area contributed by atoms with Crippen LogP contribution in [0.2, 0.25) is 0 Å². The Kier molecular flexibility index (Phi) is 5.41. The number of carbonyl (C=O) groups excluding carboxylic acids is 3. The van der Waals surface area contributed by atoms with E-state index >= 15 is 0 Å². The van der Waals surface area contributed by atoms with Crippen molar-refractivity contribution in [3.05, 3.63) is 46.2 Å². The summed E-state index contributed by atoms with van der Waals surface area (Å²) in [6.07, 6.45) is -4.67. The Labute approximate surface area is 161 Å². The fourth-order valence-electron chi connectivity index (χ4n) is 2.88. The summed E-state index contributed by atoms with van der Waals surface area (Å²) in [5.74, 6) is -2.30. The van der Waals surface area contributed by atoms with Crippen molar-refractivity contribution in [2.24, 2.45) is 5.92 Å². The number of hydrogen-bond acceptors (Lipinski definition) is 5. The van der Waals surface area contributed by atoms with Crippen LogP contribution in [0.3, 0.4) is 0 Å².